The van der Waals surface area contributed by atoms with Gasteiger partial charge in [-0.2, -0.15) is 0 Å². The van der Waals surface area contributed by atoms with Crippen molar-refractivity contribution in [2.75, 3.05) is 0 Å². The highest BCUT2D eigenvalue weighted by molar-refractivity contribution is 9.10. The van der Waals surface area contributed by atoms with E-state index in [0.29, 0.717) is 6.42 Å². The Bertz CT molecular complexity index is 468. The molecule has 0 bridgehead atoms. The maximum Gasteiger partial charge on any atom is 0.108 e. The number of aryl methyl sites for hydroxylation is 1. The Kier molecular flexibility index (Phi) is 3.41. The van der Waals surface area contributed by atoms with Gasteiger partial charge in [-0.15, -0.1) is 0 Å². The van der Waals surface area contributed by atoms with Crippen molar-refractivity contribution in [2.24, 2.45) is 0 Å². The van der Waals surface area contributed by atoms with Crippen LogP contribution in [0.25, 0.3) is 0 Å². The van der Waals surface area contributed by atoms with Gasteiger partial charge in [0.25, 0.3) is 0 Å². The van der Waals surface area contributed by atoms with E-state index in [9.17, 15) is 5.11 Å². The van der Waals surface area contributed by atoms with E-state index in [1.165, 1.54) is 0 Å². The van der Waals surface area contributed by atoms with Gasteiger partial charge in [0.1, 0.15) is 5.82 Å². The second-order valence-corrected chi connectivity index (χ2v) is 4.53. The van der Waals surface area contributed by atoms with Crippen molar-refractivity contribution in [3.63, 3.8) is 0 Å². The molecule has 1 heterocycles. The molecule has 2 rings (SSSR count). The summed E-state index contributed by atoms with van der Waals surface area (Å²) in [5.41, 5.74) is 2.02. The van der Waals surface area contributed by atoms with Crippen LogP contribution in [0.15, 0.2) is 35.1 Å². The van der Waals surface area contributed by atoms with Gasteiger partial charge in [-0.1, -0.05) is 34.1 Å². The minimum Gasteiger partial charge on any atom is -0.388 e. The van der Waals surface area contributed by atoms with Gasteiger partial charge in [-0.05, 0) is 18.1 Å². The van der Waals surface area contributed by atoms with E-state index in [-0.39, 0.29) is 0 Å². The first-order valence-electron chi connectivity index (χ1n) is 5.10. The van der Waals surface area contributed by atoms with E-state index in [1.807, 2.05) is 25.1 Å². The number of aromatic amines is 1. The number of aliphatic hydroxyl groups excluding tert-OH is 1. The van der Waals surface area contributed by atoms with Gasteiger partial charge in [-0.25, -0.2) is 4.98 Å². The summed E-state index contributed by atoms with van der Waals surface area (Å²) in [6, 6.07) is 5.87. The number of hydrogen-bond acceptors (Lipinski definition) is 2. The summed E-state index contributed by atoms with van der Waals surface area (Å²) in [6.07, 6.45) is 3.40. The summed E-state index contributed by atoms with van der Waals surface area (Å²) in [6.45, 7) is 2.01. The molecule has 1 unspecified atom stereocenters. The smallest absolute Gasteiger partial charge is 0.108 e. The second-order valence-electron chi connectivity index (χ2n) is 3.73. The zero-order valence-corrected chi connectivity index (χ0v) is 10.5. The SMILES string of the molecule is Cc1cccc(C(O)Cc2ncc[nH]2)c1Br. The number of benzene rings is 1. The highest BCUT2D eigenvalue weighted by atomic mass is 79.9. The number of imidazole rings is 1. The standard InChI is InChI=1S/C12H13BrN2O/c1-8-3-2-4-9(12(8)13)10(16)7-11-14-5-6-15-11/h2-6,10,16H,7H2,1H3,(H,14,15). The van der Waals surface area contributed by atoms with E-state index in [1.54, 1.807) is 12.4 Å². The molecule has 0 amide bonds. The third-order valence-corrected chi connectivity index (χ3v) is 3.61. The molecule has 16 heavy (non-hydrogen) atoms. The number of halogens is 1. The Morgan fingerprint density at radius 2 is 2.31 bits per heavy atom. The van der Waals surface area contributed by atoms with Crippen LogP contribution >= 0.6 is 15.9 Å². The van der Waals surface area contributed by atoms with Crippen molar-refractivity contribution in [3.05, 3.63) is 52.0 Å². The van der Waals surface area contributed by atoms with E-state index < -0.39 is 6.10 Å². The number of rotatable bonds is 3. The highest BCUT2D eigenvalue weighted by Gasteiger charge is 2.13. The fourth-order valence-corrected chi connectivity index (χ4v) is 2.16. The molecule has 1 aromatic carbocycles. The third-order valence-electron chi connectivity index (χ3n) is 2.52. The lowest BCUT2D eigenvalue weighted by molar-refractivity contribution is 0.175. The first-order chi connectivity index (χ1) is 7.68. The van der Waals surface area contributed by atoms with Crippen LogP contribution < -0.4 is 0 Å². The summed E-state index contributed by atoms with van der Waals surface area (Å²) in [5, 5.41) is 10.1. The molecule has 2 N–H and O–H groups in total. The van der Waals surface area contributed by atoms with E-state index >= 15 is 0 Å². The molecule has 0 aliphatic heterocycles. The summed E-state index contributed by atoms with van der Waals surface area (Å²) in [7, 11) is 0. The molecule has 3 nitrogen and oxygen atoms in total. The maximum atomic E-state index is 10.1. The van der Waals surface area contributed by atoms with Gasteiger partial charge in [-0.3, -0.25) is 0 Å². The van der Waals surface area contributed by atoms with Gasteiger partial charge in [0, 0.05) is 23.3 Å². The number of aliphatic hydroxyl groups is 1. The quantitative estimate of drug-likeness (QED) is 0.908. The molecule has 1 atom stereocenters. The van der Waals surface area contributed by atoms with Gasteiger partial charge >= 0.3 is 0 Å². The van der Waals surface area contributed by atoms with Crippen LogP contribution in [0.2, 0.25) is 0 Å². The van der Waals surface area contributed by atoms with Crippen molar-refractivity contribution in [1.29, 1.82) is 0 Å². The summed E-state index contributed by atoms with van der Waals surface area (Å²) in [4.78, 5) is 7.09. The molecule has 1 aromatic heterocycles. The van der Waals surface area contributed by atoms with Crippen LogP contribution in [0.4, 0.5) is 0 Å². The van der Waals surface area contributed by atoms with Crippen molar-refractivity contribution < 1.29 is 5.11 Å². The molecule has 2 aromatic rings. The maximum absolute atomic E-state index is 10.1. The first-order valence-corrected chi connectivity index (χ1v) is 5.89. The van der Waals surface area contributed by atoms with Crippen molar-refractivity contribution in [1.82, 2.24) is 9.97 Å². The molecule has 0 fully saturated rings. The Hall–Kier alpha value is -1.13. The van der Waals surface area contributed by atoms with Crippen LogP contribution in [0, 0.1) is 6.92 Å². The fraction of sp³-hybridized carbons (Fsp3) is 0.250. The second kappa shape index (κ2) is 4.80. The monoisotopic (exact) mass is 280 g/mol. The third kappa shape index (κ3) is 2.33. The van der Waals surface area contributed by atoms with Gasteiger partial charge in [0.15, 0.2) is 0 Å². The van der Waals surface area contributed by atoms with Crippen LogP contribution in [-0.2, 0) is 6.42 Å². The van der Waals surface area contributed by atoms with Gasteiger partial charge in [0.05, 0.1) is 6.10 Å². The lowest BCUT2D eigenvalue weighted by Gasteiger charge is -2.12. The van der Waals surface area contributed by atoms with Crippen molar-refractivity contribution >= 4 is 15.9 Å². The Labute approximate surface area is 103 Å². The lowest BCUT2D eigenvalue weighted by Crippen LogP contribution is -2.04. The number of nitrogens with zero attached hydrogens (tertiary/aromatic N) is 1. The molecule has 0 aliphatic rings. The van der Waals surface area contributed by atoms with Crippen LogP contribution in [0.3, 0.4) is 0 Å². The molecule has 0 saturated heterocycles. The molecule has 0 aliphatic carbocycles. The topological polar surface area (TPSA) is 48.9 Å². The molecule has 4 heteroatoms. The summed E-state index contributed by atoms with van der Waals surface area (Å²) >= 11 is 3.49. The summed E-state index contributed by atoms with van der Waals surface area (Å²) in [5.74, 6) is 0.793. The fourth-order valence-electron chi connectivity index (χ4n) is 1.63. The molecular formula is C12H13BrN2O. The number of H-pyrrole nitrogens is 1. The Balaban J connectivity index is 2.21. The minimum absolute atomic E-state index is 0.495. The number of hydrogen-bond donors (Lipinski definition) is 2. The predicted octanol–water partition coefficient (Wildman–Crippen LogP) is 2.76. The Morgan fingerprint density at radius 1 is 1.50 bits per heavy atom. The van der Waals surface area contributed by atoms with E-state index in [0.717, 1.165) is 21.4 Å². The zero-order chi connectivity index (χ0) is 11.5. The van der Waals surface area contributed by atoms with Crippen molar-refractivity contribution in [3.8, 4) is 0 Å². The molecule has 0 spiro atoms. The minimum atomic E-state index is -0.541. The average molecular weight is 281 g/mol. The van der Waals surface area contributed by atoms with Crippen LogP contribution in [0.5, 0.6) is 0 Å². The Morgan fingerprint density at radius 3 is 3.00 bits per heavy atom. The largest absolute Gasteiger partial charge is 0.388 e. The molecular weight excluding hydrogens is 268 g/mol. The average Bonchev–Trinajstić information content (AvgIpc) is 2.74. The normalized spacial score (nSPS) is 12.7. The van der Waals surface area contributed by atoms with E-state index in [2.05, 4.69) is 25.9 Å². The predicted molar refractivity (Wildman–Crippen MR) is 66.1 cm³/mol. The van der Waals surface area contributed by atoms with E-state index in [4.69, 9.17) is 0 Å². The molecule has 0 radical (unpaired) electrons. The van der Waals surface area contributed by atoms with Gasteiger partial charge in [0.2, 0.25) is 0 Å². The first kappa shape index (κ1) is 11.4. The molecule has 84 valence electrons. The summed E-state index contributed by atoms with van der Waals surface area (Å²) < 4.78 is 0.967. The molecule has 0 saturated carbocycles. The van der Waals surface area contributed by atoms with Gasteiger partial charge < -0.3 is 10.1 Å². The highest BCUT2D eigenvalue weighted by Crippen LogP contribution is 2.27. The van der Waals surface area contributed by atoms with Crippen LogP contribution in [-0.4, -0.2) is 15.1 Å². The van der Waals surface area contributed by atoms with Crippen LogP contribution in [0.1, 0.15) is 23.1 Å². The zero-order valence-electron chi connectivity index (χ0n) is 8.94. The van der Waals surface area contributed by atoms with Crippen molar-refractivity contribution in [2.45, 2.75) is 19.4 Å². The number of nitrogens with one attached hydrogen (secondary N) is 1. The number of aromatic nitrogens is 2. The lowest BCUT2D eigenvalue weighted by atomic mass is 10.0.